The molecule has 0 saturated carbocycles. The summed E-state index contributed by atoms with van der Waals surface area (Å²) in [6, 6.07) is 4.98. The quantitative estimate of drug-likeness (QED) is 0.818. The van der Waals surface area contributed by atoms with Gasteiger partial charge in [0, 0.05) is 25.3 Å². The normalized spacial score (nSPS) is 22.2. The zero-order valence-electron chi connectivity index (χ0n) is 9.06. The van der Waals surface area contributed by atoms with Crippen LogP contribution >= 0.6 is 12.8 Å². The number of hydrogen-bond acceptors (Lipinski definition) is 3. The first-order chi connectivity index (χ1) is 8.08. The fourth-order valence-electron chi connectivity index (χ4n) is 1.90. The van der Waals surface area contributed by atoms with E-state index in [4.69, 9.17) is 0 Å². The summed E-state index contributed by atoms with van der Waals surface area (Å²) in [6.07, 6.45) is -2.43. The van der Waals surface area contributed by atoms with E-state index in [0.717, 1.165) is 5.69 Å². The first-order valence-electron chi connectivity index (χ1n) is 5.32. The molecule has 2 nitrogen and oxygen atoms in total. The number of alkyl halides is 2. The summed E-state index contributed by atoms with van der Waals surface area (Å²) in [7, 11) is 0. The molecule has 1 aliphatic heterocycles. The highest BCUT2D eigenvalue weighted by molar-refractivity contribution is 7.77. The molecule has 1 aromatic rings. The number of anilines is 1. The molecular formula is C11H13F3N2S. The second-order valence-electron chi connectivity index (χ2n) is 3.99. The first-order valence-corrected chi connectivity index (χ1v) is 5.72. The second kappa shape index (κ2) is 5.18. The molecule has 0 radical (unpaired) electrons. The Morgan fingerprint density at radius 3 is 2.41 bits per heavy atom. The van der Waals surface area contributed by atoms with Crippen LogP contribution in [-0.2, 0) is 0 Å². The zero-order valence-corrected chi connectivity index (χ0v) is 9.96. The summed E-state index contributed by atoms with van der Waals surface area (Å²) in [5, 5.41) is 0. The molecule has 0 spiro atoms. The first kappa shape index (κ1) is 12.6. The molecule has 1 aliphatic rings. The fraction of sp³-hybridized carbons (Fsp3) is 0.455. The lowest BCUT2D eigenvalue weighted by atomic mass is 10.2. The number of thiol groups is 1. The van der Waals surface area contributed by atoms with Crippen LogP contribution in [0.25, 0.3) is 0 Å². The smallest absolute Gasteiger partial charge is 0.256 e. The second-order valence-corrected chi connectivity index (χ2v) is 4.50. The van der Waals surface area contributed by atoms with E-state index in [9.17, 15) is 13.2 Å². The Hall–Kier alpha value is -0.880. The lowest BCUT2D eigenvalue weighted by molar-refractivity contribution is 0.0629. The van der Waals surface area contributed by atoms with Gasteiger partial charge in [-0.15, -0.1) is 0 Å². The van der Waals surface area contributed by atoms with Crippen LogP contribution in [0.2, 0.25) is 0 Å². The molecule has 0 N–H and O–H groups in total. The van der Waals surface area contributed by atoms with Crippen molar-refractivity contribution in [2.24, 2.45) is 0 Å². The predicted molar refractivity (Wildman–Crippen MR) is 64.1 cm³/mol. The molecule has 1 atom stereocenters. The third kappa shape index (κ3) is 2.87. The van der Waals surface area contributed by atoms with Crippen LogP contribution in [0.15, 0.2) is 24.3 Å². The standard InChI is InChI=1S/C11H13F3N2S/c12-8-1-3-9(4-2-8)15-5-6-16(17)10(7-15)11(13)14/h1-4,10-11,17H,5-7H2. The molecule has 0 aliphatic carbocycles. The van der Waals surface area contributed by atoms with Crippen LogP contribution in [0, 0.1) is 5.82 Å². The average Bonchev–Trinajstić information content (AvgIpc) is 2.30. The Bertz CT molecular complexity index is 371. The SMILES string of the molecule is Fc1ccc(N2CCN(S)C(C(F)F)C2)cc1. The molecule has 0 bridgehead atoms. The third-order valence-electron chi connectivity index (χ3n) is 2.87. The van der Waals surface area contributed by atoms with Crippen LogP contribution < -0.4 is 4.90 Å². The van der Waals surface area contributed by atoms with Crippen LogP contribution in [-0.4, -0.2) is 36.4 Å². The fourth-order valence-corrected chi connectivity index (χ4v) is 2.16. The number of benzene rings is 1. The summed E-state index contributed by atoms with van der Waals surface area (Å²) in [5.74, 6) is -0.327. The minimum Gasteiger partial charge on any atom is -0.368 e. The Kier molecular flexibility index (Phi) is 3.83. The van der Waals surface area contributed by atoms with Gasteiger partial charge in [0.2, 0.25) is 0 Å². The van der Waals surface area contributed by atoms with Crippen molar-refractivity contribution >= 4 is 18.5 Å². The lowest BCUT2D eigenvalue weighted by Gasteiger charge is -2.39. The average molecular weight is 262 g/mol. The van der Waals surface area contributed by atoms with E-state index in [-0.39, 0.29) is 12.4 Å². The Morgan fingerprint density at radius 1 is 1.18 bits per heavy atom. The number of hydrogen-bond donors (Lipinski definition) is 1. The Morgan fingerprint density at radius 2 is 1.82 bits per heavy atom. The zero-order chi connectivity index (χ0) is 12.4. The van der Waals surface area contributed by atoms with E-state index < -0.39 is 12.5 Å². The number of nitrogens with zero attached hydrogens (tertiary/aromatic N) is 2. The van der Waals surface area contributed by atoms with E-state index >= 15 is 0 Å². The highest BCUT2D eigenvalue weighted by Gasteiger charge is 2.32. The van der Waals surface area contributed by atoms with Gasteiger partial charge in [-0.2, -0.15) is 0 Å². The van der Waals surface area contributed by atoms with Gasteiger partial charge in [0.05, 0.1) is 6.04 Å². The summed E-state index contributed by atoms with van der Waals surface area (Å²) in [6.45, 7) is 1.26. The van der Waals surface area contributed by atoms with Gasteiger partial charge in [-0.3, -0.25) is 0 Å². The molecule has 0 amide bonds. The molecule has 1 fully saturated rings. The van der Waals surface area contributed by atoms with Crippen molar-refractivity contribution in [2.75, 3.05) is 24.5 Å². The topological polar surface area (TPSA) is 6.48 Å². The molecule has 1 saturated heterocycles. The van der Waals surface area contributed by atoms with Crippen molar-refractivity contribution in [2.45, 2.75) is 12.5 Å². The number of rotatable bonds is 2. The molecule has 0 aromatic heterocycles. The van der Waals surface area contributed by atoms with Gasteiger partial charge in [-0.25, -0.2) is 17.5 Å². The molecule has 2 rings (SSSR count). The molecule has 1 unspecified atom stereocenters. The van der Waals surface area contributed by atoms with Crippen molar-refractivity contribution in [3.8, 4) is 0 Å². The van der Waals surface area contributed by atoms with Gasteiger partial charge in [-0.05, 0) is 24.3 Å². The molecule has 94 valence electrons. The van der Waals surface area contributed by atoms with Crippen LogP contribution in [0.5, 0.6) is 0 Å². The lowest BCUT2D eigenvalue weighted by Crippen LogP contribution is -2.52. The maximum absolute atomic E-state index is 12.8. The third-order valence-corrected chi connectivity index (χ3v) is 3.37. The van der Waals surface area contributed by atoms with Crippen molar-refractivity contribution in [1.29, 1.82) is 0 Å². The summed E-state index contributed by atoms with van der Waals surface area (Å²) >= 11 is 4.03. The Labute approximate surface area is 104 Å². The molecular weight excluding hydrogens is 249 g/mol. The molecule has 1 heterocycles. The minimum absolute atomic E-state index is 0.201. The minimum atomic E-state index is -2.43. The highest BCUT2D eigenvalue weighted by atomic mass is 32.1. The van der Waals surface area contributed by atoms with Crippen molar-refractivity contribution < 1.29 is 13.2 Å². The van der Waals surface area contributed by atoms with E-state index in [0.29, 0.717) is 13.1 Å². The van der Waals surface area contributed by atoms with Gasteiger partial charge in [-0.1, -0.05) is 12.8 Å². The van der Waals surface area contributed by atoms with Gasteiger partial charge in [0.15, 0.2) is 0 Å². The maximum atomic E-state index is 12.8. The molecule has 1 aromatic carbocycles. The van der Waals surface area contributed by atoms with Crippen LogP contribution in [0.1, 0.15) is 0 Å². The summed E-state index contributed by atoms with van der Waals surface area (Å²) in [5.41, 5.74) is 0.762. The summed E-state index contributed by atoms with van der Waals surface area (Å²) in [4.78, 5) is 1.82. The molecule has 6 heteroatoms. The van der Waals surface area contributed by atoms with Gasteiger partial charge < -0.3 is 4.90 Å². The van der Waals surface area contributed by atoms with Gasteiger partial charge in [0.1, 0.15) is 5.82 Å². The Balaban J connectivity index is 2.10. The van der Waals surface area contributed by atoms with Crippen molar-refractivity contribution in [3.63, 3.8) is 0 Å². The highest BCUT2D eigenvalue weighted by Crippen LogP contribution is 2.23. The summed E-state index contributed by atoms with van der Waals surface area (Å²) < 4.78 is 39.6. The van der Waals surface area contributed by atoms with Crippen molar-refractivity contribution in [3.05, 3.63) is 30.1 Å². The largest absolute Gasteiger partial charge is 0.368 e. The van der Waals surface area contributed by atoms with Crippen LogP contribution in [0.4, 0.5) is 18.9 Å². The maximum Gasteiger partial charge on any atom is 0.256 e. The van der Waals surface area contributed by atoms with Gasteiger partial charge in [0.25, 0.3) is 6.43 Å². The van der Waals surface area contributed by atoms with Crippen LogP contribution in [0.3, 0.4) is 0 Å². The monoisotopic (exact) mass is 262 g/mol. The van der Waals surface area contributed by atoms with Crippen molar-refractivity contribution in [1.82, 2.24) is 4.31 Å². The van der Waals surface area contributed by atoms with E-state index in [2.05, 4.69) is 12.8 Å². The molecule has 17 heavy (non-hydrogen) atoms. The van der Waals surface area contributed by atoms with E-state index in [1.807, 2.05) is 4.90 Å². The predicted octanol–water partition coefficient (Wildman–Crippen LogP) is 2.43. The van der Waals surface area contributed by atoms with E-state index in [1.54, 1.807) is 12.1 Å². The van der Waals surface area contributed by atoms with Gasteiger partial charge >= 0.3 is 0 Å². The number of halogens is 3. The number of piperazine rings is 1. The van der Waals surface area contributed by atoms with E-state index in [1.165, 1.54) is 16.4 Å².